The van der Waals surface area contributed by atoms with Crippen molar-refractivity contribution < 1.29 is 13.2 Å². The topological polar surface area (TPSA) is 28.2 Å². The fourth-order valence-electron chi connectivity index (χ4n) is 3.23. The first kappa shape index (κ1) is 19.5. The van der Waals surface area contributed by atoms with Gasteiger partial charge in [0, 0.05) is 37.2 Å². The van der Waals surface area contributed by atoms with Crippen LogP contribution >= 0.6 is 0 Å². The Morgan fingerprint density at radius 2 is 1.89 bits per heavy atom. The van der Waals surface area contributed by atoms with Crippen LogP contribution in [-0.4, -0.2) is 18.1 Å². The molecule has 0 fully saturated rings. The molecule has 0 unspecified atom stereocenters. The zero-order chi connectivity index (χ0) is 19.7. The quantitative estimate of drug-likeness (QED) is 0.745. The maximum atomic E-state index is 12.6. The van der Waals surface area contributed by atoms with Gasteiger partial charge in [0.2, 0.25) is 0 Å². The summed E-state index contributed by atoms with van der Waals surface area (Å²) in [7, 11) is 0. The van der Waals surface area contributed by atoms with E-state index in [1.54, 1.807) is 0 Å². The lowest BCUT2D eigenvalue weighted by atomic mass is 9.92. The average Bonchev–Trinajstić information content (AvgIpc) is 2.96. The predicted octanol–water partition coefficient (Wildman–Crippen LogP) is 5.51. The van der Waals surface area contributed by atoms with E-state index in [0.717, 1.165) is 48.9 Å². The maximum Gasteiger partial charge on any atom is 0.433 e. The van der Waals surface area contributed by atoms with E-state index in [1.807, 2.05) is 0 Å². The third-order valence-corrected chi connectivity index (χ3v) is 4.76. The Labute approximate surface area is 158 Å². The predicted molar refractivity (Wildman–Crippen MR) is 103 cm³/mol. The van der Waals surface area contributed by atoms with E-state index in [4.69, 9.17) is 0 Å². The third kappa shape index (κ3) is 5.15. The van der Waals surface area contributed by atoms with E-state index in [2.05, 4.69) is 54.2 Å². The highest BCUT2D eigenvalue weighted by Crippen LogP contribution is 2.32. The molecule has 3 rings (SSSR count). The highest BCUT2D eigenvalue weighted by Gasteiger charge is 2.32. The van der Waals surface area contributed by atoms with Crippen LogP contribution in [-0.2, 0) is 19.1 Å². The van der Waals surface area contributed by atoms with Crippen molar-refractivity contribution >= 4 is 11.4 Å². The minimum absolute atomic E-state index is 0.302. The zero-order valence-corrected chi connectivity index (χ0v) is 16.0. The van der Waals surface area contributed by atoms with Gasteiger partial charge < -0.3 is 10.2 Å². The molecular formula is C21H26F3N3. The second-order valence-electron chi connectivity index (χ2n) is 8.30. The van der Waals surface area contributed by atoms with Gasteiger partial charge in [-0.05, 0) is 53.6 Å². The van der Waals surface area contributed by atoms with Crippen molar-refractivity contribution in [2.24, 2.45) is 5.41 Å². The van der Waals surface area contributed by atoms with Gasteiger partial charge in [-0.15, -0.1) is 0 Å². The van der Waals surface area contributed by atoms with Crippen molar-refractivity contribution in [3.63, 3.8) is 0 Å². The van der Waals surface area contributed by atoms with Gasteiger partial charge in [-0.1, -0.05) is 26.8 Å². The lowest BCUT2D eigenvalue weighted by Gasteiger charge is -2.21. The number of alkyl halides is 3. The first-order valence-corrected chi connectivity index (χ1v) is 9.26. The summed E-state index contributed by atoms with van der Waals surface area (Å²) in [5.74, 6) is 0. The van der Waals surface area contributed by atoms with Crippen molar-refractivity contribution in [2.75, 3.05) is 23.3 Å². The summed E-state index contributed by atoms with van der Waals surface area (Å²) >= 11 is 0. The third-order valence-electron chi connectivity index (χ3n) is 4.76. The molecule has 2 aromatic rings. The van der Waals surface area contributed by atoms with Gasteiger partial charge in [0.15, 0.2) is 0 Å². The number of fused-ring (bicyclic) bond motifs is 1. The Balaban J connectivity index is 1.63. The molecule has 1 aliphatic heterocycles. The minimum atomic E-state index is -4.39. The Morgan fingerprint density at radius 3 is 2.52 bits per heavy atom. The van der Waals surface area contributed by atoms with Gasteiger partial charge in [-0.25, -0.2) is 0 Å². The fraction of sp³-hybridized carbons (Fsp3) is 0.476. The van der Waals surface area contributed by atoms with Crippen LogP contribution in [0, 0.1) is 5.41 Å². The normalized spacial score (nSPS) is 14.4. The summed E-state index contributed by atoms with van der Waals surface area (Å²) in [5, 5.41) is 3.48. The number of hydrogen-bond acceptors (Lipinski definition) is 3. The number of halogens is 3. The number of rotatable bonds is 5. The molecule has 1 aromatic carbocycles. The van der Waals surface area contributed by atoms with Crippen LogP contribution in [0.5, 0.6) is 0 Å². The first-order valence-electron chi connectivity index (χ1n) is 9.26. The molecule has 0 bridgehead atoms. The summed E-state index contributed by atoms with van der Waals surface area (Å²) in [5.41, 5.74) is 3.78. The van der Waals surface area contributed by atoms with E-state index in [1.165, 1.54) is 17.8 Å². The number of nitrogens with zero attached hydrogens (tertiary/aromatic N) is 2. The number of nitrogens with one attached hydrogen (secondary N) is 1. The molecule has 0 saturated carbocycles. The van der Waals surface area contributed by atoms with Crippen molar-refractivity contribution in [2.45, 2.75) is 46.3 Å². The second kappa shape index (κ2) is 7.41. The molecule has 3 nitrogen and oxygen atoms in total. The molecule has 6 heteroatoms. The van der Waals surface area contributed by atoms with Crippen molar-refractivity contribution in [3.05, 3.63) is 53.3 Å². The highest BCUT2D eigenvalue weighted by atomic mass is 19.4. The van der Waals surface area contributed by atoms with E-state index < -0.39 is 11.9 Å². The average molecular weight is 377 g/mol. The molecular weight excluding hydrogens is 351 g/mol. The summed E-state index contributed by atoms with van der Waals surface area (Å²) in [4.78, 5) is 5.75. The number of aromatic nitrogens is 1. The largest absolute Gasteiger partial charge is 0.433 e. The Morgan fingerprint density at radius 1 is 1.11 bits per heavy atom. The molecule has 1 aliphatic rings. The Kier molecular flexibility index (Phi) is 5.36. The SMILES string of the molecule is CC(C)(C)CCNc1ccc2c(c1)CCN2Cc1ccc(C(F)(F)F)nc1. The lowest BCUT2D eigenvalue weighted by molar-refractivity contribution is -0.141. The van der Waals surface area contributed by atoms with Gasteiger partial charge in [0.25, 0.3) is 0 Å². The standard InChI is InChI=1S/C21H26F3N3/c1-20(2,3)9-10-25-17-5-6-18-16(12-17)8-11-27(18)14-15-4-7-19(26-13-15)21(22,23)24/h4-7,12-13,25H,8-11,14H2,1-3H3. The zero-order valence-electron chi connectivity index (χ0n) is 16.0. The number of benzene rings is 1. The number of anilines is 2. The number of hydrogen-bond donors (Lipinski definition) is 1. The molecule has 1 N–H and O–H groups in total. The molecule has 0 atom stereocenters. The van der Waals surface area contributed by atoms with Crippen molar-refractivity contribution in [3.8, 4) is 0 Å². The van der Waals surface area contributed by atoms with Crippen LogP contribution < -0.4 is 10.2 Å². The summed E-state index contributed by atoms with van der Waals surface area (Å²) in [6.45, 7) is 9.04. The smallest absolute Gasteiger partial charge is 0.385 e. The van der Waals surface area contributed by atoms with Crippen LogP contribution in [0.3, 0.4) is 0 Å². The van der Waals surface area contributed by atoms with Crippen LogP contribution in [0.15, 0.2) is 36.5 Å². The van der Waals surface area contributed by atoms with Crippen LogP contribution in [0.25, 0.3) is 0 Å². The molecule has 0 aliphatic carbocycles. The number of pyridine rings is 1. The van der Waals surface area contributed by atoms with Crippen molar-refractivity contribution in [1.82, 2.24) is 4.98 Å². The monoisotopic (exact) mass is 377 g/mol. The first-order chi connectivity index (χ1) is 12.6. The maximum absolute atomic E-state index is 12.6. The highest BCUT2D eigenvalue weighted by molar-refractivity contribution is 5.64. The fourth-order valence-corrected chi connectivity index (χ4v) is 3.23. The van der Waals surface area contributed by atoms with Gasteiger partial charge in [0.1, 0.15) is 5.69 Å². The van der Waals surface area contributed by atoms with Gasteiger partial charge >= 0.3 is 6.18 Å². The summed E-state index contributed by atoms with van der Waals surface area (Å²) in [6, 6.07) is 8.91. The van der Waals surface area contributed by atoms with Gasteiger partial charge in [0.05, 0.1) is 0 Å². The molecule has 0 spiro atoms. The molecule has 27 heavy (non-hydrogen) atoms. The lowest BCUT2D eigenvalue weighted by Crippen LogP contribution is -2.20. The van der Waals surface area contributed by atoms with Gasteiger partial charge in [-0.3, -0.25) is 4.98 Å². The van der Waals surface area contributed by atoms with Crippen LogP contribution in [0.4, 0.5) is 24.5 Å². The molecule has 0 amide bonds. The molecule has 1 aromatic heterocycles. The Hall–Kier alpha value is -2.24. The summed E-state index contributed by atoms with van der Waals surface area (Å²) in [6.07, 6.45) is -1.03. The molecule has 146 valence electrons. The van der Waals surface area contributed by atoms with E-state index >= 15 is 0 Å². The second-order valence-corrected chi connectivity index (χ2v) is 8.30. The van der Waals surface area contributed by atoms with Crippen LogP contribution in [0.2, 0.25) is 0 Å². The van der Waals surface area contributed by atoms with E-state index in [0.29, 0.717) is 12.0 Å². The molecule has 0 saturated heterocycles. The summed E-state index contributed by atoms with van der Waals surface area (Å²) < 4.78 is 37.9. The molecule has 0 radical (unpaired) electrons. The van der Waals surface area contributed by atoms with E-state index in [9.17, 15) is 13.2 Å². The van der Waals surface area contributed by atoms with Crippen LogP contribution in [0.1, 0.15) is 44.0 Å². The molecule has 2 heterocycles. The van der Waals surface area contributed by atoms with Crippen molar-refractivity contribution in [1.29, 1.82) is 0 Å². The van der Waals surface area contributed by atoms with Gasteiger partial charge in [-0.2, -0.15) is 13.2 Å². The minimum Gasteiger partial charge on any atom is -0.385 e. The van der Waals surface area contributed by atoms with E-state index in [-0.39, 0.29) is 0 Å². The Bertz CT molecular complexity index is 777.